The van der Waals surface area contributed by atoms with Gasteiger partial charge in [-0.1, -0.05) is 37.5 Å². The minimum absolute atomic E-state index is 0.273. The number of rotatable bonds is 4. The molecule has 0 radical (unpaired) electrons. The lowest BCUT2D eigenvalue weighted by molar-refractivity contribution is 0.360. The molecule has 21 heavy (non-hydrogen) atoms. The molecule has 4 nitrogen and oxygen atoms in total. The van der Waals surface area contributed by atoms with Gasteiger partial charge in [0.15, 0.2) is 0 Å². The van der Waals surface area contributed by atoms with Crippen LogP contribution in [0.2, 0.25) is 0 Å². The molecule has 0 saturated heterocycles. The summed E-state index contributed by atoms with van der Waals surface area (Å²) in [5.41, 5.74) is 1.95. The van der Waals surface area contributed by atoms with Crippen LogP contribution in [0.1, 0.15) is 43.7 Å². The van der Waals surface area contributed by atoms with Gasteiger partial charge in [-0.3, -0.25) is 5.32 Å². The molecule has 0 amide bonds. The highest BCUT2D eigenvalue weighted by atomic mass is 15.3. The van der Waals surface area contributed by atoms with Crippen molar-refractivity contribution < 1.29 is 0 Å². The Kier molecular flexibility index (Phi) is 4.32. The number of para-hydroxylation sites is 1. The molecule has 1 fully saturated rings. The second-order valence-electron chi connectivity index (χ2n) is 5.62. The number of aromatic nitrogens is 2. The minimum atomic E-state index is -0.273. The van der Waals surface area contributed by atoms with Gasteiger partial charge >= 0.3 is 0 Å². The molecular formula is C17H20N4. The molecule has 1 unspecified atom stereocenters. The van der Waals surface area contributed by atoms with E-state index in [0.29, 0.717) is 6.04 Å². The van der Waals surface area contributed by atoms with Gasteiger partial charge in [-0.15, -0.1) is 0 Å². The summed E-state index contributed by atoms with van der Waals surface area (Å²) in [6.07, 6.45) is 9.92. The first-order valence-corrected chi connectivity index (χ1v) is 7.62. The predicted octanol–water partition coefficient (Wildman–Crippen LogP) is 3.36. The lowest BCUT2D eigenvalue weighted by atomic mass is 9.94. The zero-order chi connectivity index (χ0) is 14.5. The van der Waals surface area contributed by atoms with E-state index in [9.17, 15) is 5.26 Å². The first-order valence-electron chi connectivity index (χ1n) is 7.62. The molecule has 0 aliphatic heterocycles. The van der Waals surface area contributed by atoms with Gasteiger partial charge in [0.2, 0.25) is 0 Å². The summed E-state index contributed by atoms with van der Waals surface area (Å²) in [4.78, 5) is 0. The molecule has 108 valence electrons. The third kappa shape index (κ3) is 3.32. The summed E-state index contributed by atoms with van der Waals surface area (Å²) in [7, 11) is 0. The van der Waals surface area contributed by atoms with Crippen LogP contribution in [-0.4, -0.2) is 15.8 Å². The monoisotopic (exact) mass is 280 g/mol. The summed E-state index contributed by atoms with van der Waals surface area (Å²) in [6.45, 7) is 0. The van der Waals surface area contributed by atoms with Gasteiger partial charge in [0, 0.05) is 17.8 Å². The maximum atomic E-state index is 9.44. The molecule has 1 aromatic heterocycles. The summed E-state index contributed by atoms with van der Waals surface area (Å²) in [5.74, 6) is 0. The summed E-state index contributed by atoms with van der Waals surface area (Å²) >= 11 is 0. The second-order valence-corrected chi connectivity index (χ2v) is 5.62. The van der Waals surface area contributed by atoms with E-state index in [1.807, 2.05) is 41.2 Å². The number of benzene rings is 1. The van der Waals surface area contributed by atoms with Gasteiger partial charge in [0.05, 0.1) is 18.0 Å². The van der Waals surface area contributed by atoms with E-state index in [0.717, 1.165) is 11.3 Å². The van der Waals surface area contributed by atoms with Crippen molar-refractivity contribution in [2.75, 3.05) is 0 Å². The Balaban J connectivity index is 1.73. The highest BCUT2D eigenvalue weighted by Gasteiger charge is 2.20. The van der Waals surface area contributed by atoms with Crippen LogP contribution >= 0.6 is 0 Å². The number of nitriles is 1. The highest BCUT2D eigenvalue weighted by molar-refractivity contribution is 5.32. The molecule has 1 aromatic carbocycles. The van der Waals surface area contributed by atoms with E-state index in [2.05, 4.69) is 16.5 Å². The van der Waals surface area contributed by atoms with Crippen LogP contribution in [0.3, 0.4) is 0 Å². The Morgan fingerprint density at radius 2 is 1.95 bits per heavy atom. The minimum Gasteiger partial charge on any atom is -0.295 e. The topological polar surface area (TPSA) is 53.6 Å². The SMILES string of the molecule is N#CC(NC1CCCCC1)c1cnn(-c2ccccc2)c1. The molecule has 1 aliphatic carbocycles. The summed E-state index contributed by atoms with van der Waals surface area (Å²) in [5, 5.41) is 17.3. The second kappa shape index (κ2) is 6.55. The third-order valence-electron chi connectivity index (χ3n) is 4.09. The molecular weight excluding hydrogens is 260 g/mol. The Morgan fingerprint density at radius 3 is 2.67 bits per heavy atom. The fourth-order valence-corrected chi connectivity index (χ4v) is 2.92. The predicted molar refractivity (Wildman–Crippen MR) is 81.9 cm³/mol. The summed E-state index contributed by atoms with van der Waals surface area (Å²) < 4.78 is 1.82. The number of hydrogen-bond acceptors (Lipinski definition) is 3. The van der Waals surface area contributed by atoms with E-state index in [1.165, 1.54) is 32.1 Å². The van der Waals surface area contributed by atoms with E-state index >= 15 is 0 Å². The van der Waals surface area contributed by atoms with Crippen LogP contribution < -0.4 is 5.32 Å². The number of hydrogen-bond donors (Lipinski definition) is 1. The maximum Gasteiger partial charge on any atom is 0.124 e. The molecule has 1 N–H and O–H groups in total. The van der Waals surface area contributed by atoms with E-state index in [-0.39, 0.29) is 6.04 Å². The smallest absolute Gasteiger partial charge is 0.124 e. The van der Waals surface area contributed by atoms with Crippen molar-refractivity contribution in [2.45, 2.75) is 44.2 Å². The van der Waals surface area contributed by atoms with Crippen LogP contribution in [0.25, 0.3) is 5.69 Å². The van der Waals surface area contributed by atoms with Crippen molar-refractivity contribution in [1.29, 1.82) is 5.26 Å². The Hall–Kier alpha value is -2.12. The van der Waals surface area contributed by atoms with Crippen LogP contribution in [0.4, 0.5) is 0 Å². The Morgan fingerprint density at radius 1 is 1.19 bits per heavy atom. The molecule has 2 aromatic rings. The fraction of sp³-hybridized carbons (Fsp3) is 0.412. The molecule has 0 spiro atoms. The van der Waals surface area contributed by atoms with E-state index in [4.69, 9.17) is 0 Å². The van der Waals surface area contributed by atoms with Gasteiger partial charge in [-0.05, 0) is 25.0 Å². The van der Waals surface area contributed by atoms with Crippen LogP contribution in [0, 0.1) is 11.3 Å². The van der Waals surface area contributed by atoms with Crippen molar-refractivity contribution in [3.8, 4) is 11.8 Å². The normalized spacial score (nSPS) is 17.3. The van der Waals surface area contributed by atoms with E-state index < -0.39 is 0 Å². The van der Waals surface area contributed by atoms with Gasteiger partial charge in [0.25, 0.3) is 0 Å². The lowest BCUT2D eigenvalue weighted by Gasteiger charge is -2.24. The van der Waals surface area contributed by atoms with Crippen LogP contribution in [0.5, 0.6) is 0 Å². The Labute approximate surface area is 125 Å². The molecule has 4 heteroatoms. The average molecular weight is 280 g/mol. The number of nitrogens with one attached hydrogen (secondary N) is 1. The Bertz CT molecular complexity index is 605. The molecule has 1 aliphatic rings. The van der Waals surface area contributed by atoms with Crippen molar-refractivity contribution in [1.82, 2.24) is 15.1 Å². The molecule has 1 heterocycles. The largest absolute Gasteiger partial charge is 0.295 e. The van der Waals surface area contributed by atoms with Gasteiger partial charge in [-0.25, -0.2) is 4.68 Å². The summed E-state index contributed by atoms with van der Waals surface area (Å²) in [6, 6.07) is 12.5. The maximum absolute atomic E-state index is 9.44. The molecule has 3 rings (SSSR count). The molecule has 1 saturated carbocycles. The van der Waals surface area contributed by atoms with Crippen LogP contribution in [0.15, 0.2) is 42.7 Å². The van der Waals surface area contributed by atoms with Gasteiger partial charge in [-0.2, -0.15) is 10.4 Å². The van der Waals surface area contributed by atoms with Crippen molar-refractivity contribution in [2.24, 2.45) is 0 Å². The van der Waals surface area contributed by atoms with Crippen molar-refractivity contribution in [3.05, 3.63) is 48.3 Å². The van der Waals surface area contributed by atoms with E-state index in [1.54, 1.807) is 6.20 Å². The van der Waals surface area contributed by atoms with Crippen molar-refractivity contribution in [3.63, 3.8) is 0 Å². The first-order chi connectivity index (χ1) is 10.4. The zero-order valence-electron chi connectivity index (χ0n) is 12.1. The average Bonchev–Trinajstić information content (AvgIpc) is 3.04. The quantitative estimate of drug-likeness (QED) is 0.934. The third-order valence-corrected chi connectivity index (χ3v) is 4.09. The van der Waals surface area contributed by atoms with Crippen LogP contribution in [-0.2, 0) is 0 Å². The highest BCUT2D eigenvalue weighted by Crippen LogP contribution is 2.21. The van der Waals surface area contributed by atoms with Gasteiger partial charge in [0.1, 0.15) is 6.04 Å². The molecule has 0 bridgehead atoms. The zero-order valence-corrected chi connectivity index (χ0v) is 12.1. The van der Waals surface area contributed by atoms with Gasteiger partial charge < -0.3 is 0 Å². The first kappa shape index (κ1) is 13.8. The number of nitrogens with zero attached hydrogens (tertiary/aromatic N) is 3. The fourth-order valence-electron chi connectivity index (χ4n) is 2.92. The van der Waals surface area contributed by atoms with Crippen molar-refractivity contribution >= 4 is 0 Å². The molecule has 1 atom stereocenters. The standard InChI is InChI=1S/C17H20N4/c18-11-17(20-15-7-3-1-4-8-15)14-12-19-21(13-14)16-9-5-2-6-10-16/h2,5-6,9-10,12-13,15,17,20H,1,3-4,7-8H2. The lowest BCUT2D eigenvalue weighted by Crippen LogP contribution is -2.33.